The van der Waals surface area contributed by atoms with Gasteiger partial charge in [0.15, 0.2) is 0 Å². The number of carbonyl (C=O) groups is 1. The third-order valence-corrected chi connectivity index (χ3v) is 7.21. The molecule has 0 radical (unpaired) electrons. The van der Waals surface area contributed by atoms with Gasteiger partial charge in [-0.05, 0) is 69.9 Å². The first kappa shape index (κ1) is 16.7. The number of amides is 2. The molecule has 2 saturated heterocycles. The summed E-state index contributed by atoms with van der Waals surface area (Å²) in [6.07, 6.45) is 14.6. The molecule has 2 aliphatic carbocycles. The Hall–Kier alpha value is -0.770. The van der Waals surface area contributed by atoms with Crippen LogP contribution in [0.15, 0.2) is 0 Å². The van der Waals surface area contributed by atoms with Crippen LogP contribution in [-0.2, 0) is 0 Å². The van der Waals surface area contributed by atoms with Crippen LogP contribution in [0.25, 0.3) is 0 Å². The molecule has 4 aliphatic rings. The van der Waals surface area contributed by atoms with Gasteiger partial charge in [-0.15, -0.1) is 0 Å². The van der Waals surface area contributed by atoms with Crippen LogP contribution in [0.1, 0.15) is 70.6 Å². The van der Waals surface area contributed by atoms with Crippen molar-refractivity contribution in [3.05, 3.63) is 0 Å². The van der Waals surface area contributed by atoms with E-state index in [0.29, 0.717) is 12.1 Å². The van der Waals surface area contributed by atoms with Gasteiger partial charge in [0.25, 0.3) is 0 Å². The van der Waals surface area contributed by atoms with Gasteiger partial charge >= 0.3 is 6.03 Å². The third kappa shape index (κ3) is 3.58. The smallest absolute Gasteiger partial charge is 0.317 e. The lowest BCUT2D eigenvalue weighted by Gasteiger charge is -2.32. The summed E-state index contributed by atoms with van der Waals surface area (Å²) in [6, 6.07) is 1.31. The van der Waals surface area contributed by atoms with Crippen molar-refractivity contribution in [2.24, 2.45) is 11.8 Å². The van der Waals surface area contributed by atoms with E-state index < -0.39 is 0 Å². The zero-order valence-electron chi connectivity index (χ0n) is 15.2. The van der Waals surface area contributed by atoms with Gasteiger partial charge < -0.3 is 10.2 Å². The van der Waals surface area contributed by atoms with E-state index in [1.54, 1.807) is 0 Å². The molecular weight excluding hydrogens is 298 g/mol. The van der Waals surface area contributed by atoms with E-state index in [0.717, 1.165) is 24.9 Å². The standard InChI is InChI=1S/C20H35N3O/c24-20(23-14-11-18(15-23)22-12-5-6-13-22)21-19(16-7-1-2-8-16)17-9-3-4-10-17/h16-19H,1-15H2,(H,21,24). The monoisotopic (exact) mass is 333 g/mol. The van der Waals surface area contributed by atoms with Crippen molar-refractivity contribution >= 4 is 6.03 Å². The fourth-order valence-electron chi connectivity index (χ4n) is 5.82. The van der Waals surface area contributed by atoms with Gasteiger partial charge in [-0.3, -0.25) is 4.90 Å². The Kier molecular flexibility index (Phi) is 5.31. The largest absolute Gasteiger partial charge is 0.335 e. The third-order valence-electron chi connectivity index (χ3n) is 7.21. The molecule has 1 unspecified atom stereocenters. The molecule has 2 amide bonds. The maximum Gasteiger partial charge on any atom is 0.317 e. The molecule has 136 valence electrons. The maximum absolute atomic E-state index is 12.9. The number of urea groups is 1. The van der Waals surface area contributed by atoms with Crippen LogP contribution in [0.2, 0.25) is 0 Å². The van der Waals surface area contributed by atoms with E-state index in [-0.39, 0.29) is 6.03 Å². The molecule has 0 aromatic carbocycles. The number of rotatable bonds is 4. The Morgan fingerprint density at radius 2 is 1.38 bits per heavy atom. The predicted molar refractivity (Wildman–Crippen MR) is 97.0 cm³/mol. The first-order chi connectivity index (χ1) is 11.8. The van der Waals surface area contributed by atoms with Gasteiger partial charge in [-0.25, -0.2) is 4.79 Å². The Morgan fingerprint density at radius 3 is 1.96 bits per heavy atom. The fraction of sp³-hybridized carbons (Fsp3) is 0.950. The van der Waals surface area contributed by atoms with Crippen LogP contribution < -0.4 is 5.32 Å². The highest BCUT2D eigenvalue weighted by Gasteiger charge is 2.37. The predicted octanol–water partition coefficient (Wildman–Crippen LogP) is 3.62. The summed E-state index contributed by atoms with van der Waals surface area (Å²) in [5.74, 6) is 1.49. The normalized spacial score (nSPS) is 30.0. The first-order valence-corrected chi connectivity index (χ1v) is 10.6. The van der Waals surface area contributed by atoms with Crippen LogP contribution in [0.4, 0.5) is 4.79 Å². The van der Waals surface area contributed by atoms with Crippen LogP contribution in [0.5, 0.6) is 0 Å². The van der Waals surface area contributed by atoms with Crippen molar-refractivity contribution in [2.45, 2.75) is 82.7 Å². The number of likely N-dealkylation sites (tertiary alicyclic amines) is 2. The molecule has 1 N–H and O–H groups in total. The topological polar surface area (TPSA) is 35.6 Å². The zero-order chi connectivity index (χ0) is 16.4. The van der Waals surface area contributed by atoms with Crippen molar-refractivity contribution in [1.29, 1.82) is 0 Å². The summed E-state index contributed by atoms with van der Waals surface area (Å²) >= 11 is 0. The van der Waals surface area contributed by atoms with Crippen molar-refractivity contribution < 1.29 is 4.79 Å². The highest BCUT2D eigenvalue weighted by atomic mass is 16.2. The summed E-state index contributed by atoms with van der Waals surface area (Å²) in [4.78, 5) is 17.6. The number of hydrogen-bond acceptors (Lipinski definition) is 2. The molecule has 4 fully saturated rings. The second kappa shape index (κ2) is 7.63. The van der Waals surface area contributed by atoms with E-state index in [9.17, 15) is 4.79 Å². The lowest BCUT2D eigenvalue weighted by Crippen LogP contribution is -2.50. The van der Waals surface area contributed by atoms with Crippen LogP contribution in [0, 0.1) is 11.8 Å². The van der Waals surface area contributed by atoms with E-state index in [4.69, 9.17) is 0 Å². The van der Waals surface area contributed by atoms with Crippen LogP contribution in [0.3, 0.4) is 0 Å². The quantitative estimate of drug-likeness (QED) is 0.853. The lowest BCUT2D eigenvalue weighted by atomic mass is 9.86. The molecule has 2 saturated carbocycles. The van der Waals surface area contributed by atoms with Crippen LogP contribution in [-0.4, -0.2) is 54.1 Å². The van der Waals surface area contributed by atoms with E-state index in [1.165, 1.54) is 83.7 Å². The molecule has 0 spiro atoms. The summed E-state index contributed by atoms with van der Waals surface area (Å²) in [5, 5.41) is 3.52. The van der Waals surface area contributed by atoms with E-state index in [2.05, 4.69) is 15.1 Å². The summed E-state index contributed by atoms with van der Waals surface area (Å²) in [5.41, 5.74) is 0. The lowest BCUT2D eigenvalue weighted by molar-refractivity contribution is 0.180. The van der Waals surface area contributed by atoms with Crippen molar-refractivity contribution in [3.8, 4) is 0 Å². The zero-order valence-corrected chi connectivity index (χ0v) is 15.2. The second-order valence-corrected chi connectivity index (χ2v) is 8.70. The number of nitrogens with one attached hydrogen (secondary N) is 1. The Bertz CT molecular complexity index is 407. The van der Waals surface area contributed by atoms with Crippen LogP contribution >= 0.6 is 0 Å². The molecule has 0 aromatic heterocycles. The van der Waals surface area contributed by atoms with Gasteiger partial charge in [0.05, 0.1) is 0 Å². The summed E-state index contributed by atoms with van der Waals surface area (Å²) in [7, 11) is 0. The molecule has 2 heterocycles. The molecule has 0 bridgehead atoms. The molecule has 0 aromatic rings. The molecule has 24 heavy (non-hydrogen) atoms. The summed E-state index contributed by atoms with van der Waals surface area (Å²) in [6.45, 7) is 4.39. The molecule has 1 atom stereocenters. The highest BCUT2D eigenvalue weighted by Crippen LogP contribution is 2.37. The Balaban J connectivity index is 1.34. The van der Waals surface area contributed by atoms with Crippen molar-refractivity contribution in [3.63, 3.8) is 0 Å². The second-order valence-electron chi connectivity index (χ2n) is 8.70. The van der Waals surface area contributed by atoms with E-state index in [1.807, 2.05) is 0 Å². The van der Waals surface area contributed by atoms with Gasteiger partial charge in [0, 0.05) is 25.2 Å². The average molecular weight is 334 g/mol. The SMILES string of the molecule is O=C(NC(C1CCCC1)C1CCCC1)N1CCC(N2CCCC2)C1. The van der Waals surface area contributed by atoms with Crippen molar-refractivity contribution in [1.82, 2.24) is 15.1 Å². The maximum atomic E-state index is 12.9. The Labute approximate surface area is 147 Å². The molecule has 4 rings (SSSR count). The molecule has 2 aliphatic heterocycles. The summed E-state index contributed by atoms with van der Waals surface area (Å²) < 4.78 is 0. The number of hydrogen-bond donors (Lipinski definition) is 1. The van der Waals surface area contributed by atoms with Gasteiger partial charge in [0.2, 0.25) is 0 Å². The minimum absolute atomic E-state index is 0.237. The molecular formula is C20H35N3O. The minimum Gasteiger partial charge on any atom is -0.335 e. The van der Waals surface area contributed by atoms with Gasteiger partial charge in [-0.1, -0.05) is 25.7 Å². The fourth-order valence-corrected chi connectivity index (χ4v) is 5.82. The van der Waals surface area contributed by atoms with Crippen molar-refractivity contribution in [2.75, 3.05) is 26.2 Å². The minimum atomic E-state index is 0.237. The highest BCUT2D eigenvalue weighted by molar-refractivity contribution is 5.75. The average Bonchev–Trinajstić information content (AvgIpc) is 3.41. The van der Waals surface area contributed by atoms with Gasteiger partial charge in [-0.2, -0.15) is 0 Å². The van der Waals surface area contributed by atoms with E-state index >= 15 is 0 Å². The Morgan fingerprint density at radius 1 is 0.792 bits per heavy atom. The number of carbonyl (C=O) groups excluding carboxylic acids is 1. The first-order valence-electron chi connectivity index (χ1n) is 10.6. The molecule has 4 heteroatoms. The van der Waals surface area contributed by atoms with Gasteiger partial charge in [0.1, 0.15) is 0 Å². The molecule has 4 nitrogen and oxygen atoms in total. The number of nitrogens with zero attached hydrogens (tertiary/aromatic N) is 2.